The van der Waals surface area contributed by atoms with Crippen LogP contribution in [0.15, 0.2) is 58.3 Å². The van der Waals surface area contributed by atoms with Crippen molar-refractivity contribution in [1.82, 2.24) is 0 Å². The highest BCUT2D eigenvalue weighted by Gasteiger charge is 2.31. The van der Waals surface area contributed by atoms with Crippen LogP contribution in [0.3, 0.4) is 0 Å². The second-order valence-corrected chi connectivity index (χ2v) is 9.06. The van der Waals surface area contributed by atoms with Gasteiger partial charge in [0, 0.05) is 0 Å². The lowest BCUT2D eigenvalue weighted by Gasteiger charge is -2.08. The minimum Gasteiger partial charge on any atom is -0.257 e. The number of benzene rings is 2. The Balaban J connectivity index is 0.000000303. The van der Waals surface area contributed by atoms with Gasteiger partial charge in [-0.2, -0.15) is 35.3 Å². The summed E-state index contributed by atoms with van der Waals surface area (Å²) >= 11 is 0. The van der Waals surface area contributed by atoms with Crippen LogP contribution >= 0.6 is 0 Å². The van der Waals surface area contributed by atoms with Gasteiger partial charge in [-0.25, -0.2) is 0 Å². The molecule has 0 atom stereocenters. The number of nitrogens with zero attached hydrogens (tertiary/aromatic N) is 1. The highest BCUT2D eigenvalue weighted by atomic mass is 32.2. The Hall–Kier alpha value is -2.46. The molecule has 0 amide bonds. The normalized spacial score (nSPS) is 11.9. The van der Waals surface area contributed by atoms with Crippen LogP contribution in [0.1, 0.15) is 11.1 Å². The van der Waals surface area contributed by atoms with E-state index in [1.807, 2.05) is 6.92 Å². The molecule has 7 nitrogen and oxygen atoms in total. The van der Waals surface area contributed by atoms with Crippen LogP contribution in [-0.4, -0.2) is 36.2 Å². The lowest BCUT2D eigenvalue weighted by atomic mass is 10.2. The lowest BCUT2D eigenvalue weighted by molar-refractivity contribution is -0.152. The predicted octanol–water partition coefficient (Wildman–Crippen LogP) is 3.49. The van der Waals surface area contributed by atoms with Crippen LogP contribution in [0.25, 0.3) is 0 Å². The summed E-state index contributed by atoms with van der Waals surface area (Å²) in [6.45, 7) is 1.30. The summed E-state index contributed by atoms with van der Waals surface area (Å²) in [6.07, 6.45) is -4.67. The summed E-state index contributed by atoms with van der Waals surface area (Å²) in [4.78, 5) is -0.222. The van der Waals surface area contributed by atoms with Crippen molar-refractivity contribution < 1.29 is 38.4 Å². The topological polar surface area (TPSA) is 111 Å². The fourth-order valence-corrected chi connectivity index (χ4v) is 3.50. The summed E-state index contributed by atoms with van der Waals surface area (Å²) in [5.41, 5.74) is 1.76. The Morgan fingerprint density at radius 3 is 1.50 bits per heavy atom. The number of hydrogen-bond donors (Lipinski definition) is 0. The van der Waals surface area contributed by atoms with Crippen LogP contribution in [-0.2, 0) is 28.6 Å². The molecule has 12 heteroatoms. The molecule has 0 spiro atoms. The zero-order valence-electron chi connectivity index (χ0n) is 15.9. The van der Waals surface area contributed by atoms with Gasteiger partial charge in [0.15, 0.2) is 13.2 Å². The van der Waals surface area contributed by atoms with Crippen LogP contribution < -0.4 is 0 Å². The molecule has 0 aliphatic rings. The number of halogens is 3. The van der Waals surface area contributed by atoms with E-state index < -0.39 is 39.6 Å². The third-order valence-electron chi connectivity index (χ3n) is 3.28. The molecule has 0 radical (unpaired) electrons. The Labute approximate surface area is 172 Å². The fourth-order valence-electron chi connectivity index (χ4n) is 1.79. The maximum Gasteiger partial charge on any atom is 0.413 e. The molecule has 0 saturated heterocycles. The zero-order chi connectivity index (χ0) is 23.0. The van der Waals surface area contributed by atoms with Crippen molar-refractivity contribution in [3.63, 3.8) is 0 Å². The smallest absolute Gasteiger partial charge is 0.257 e. The molecule has 0 aliphatic heterocycles. The first kappa shape index (κ1) is 25.6. The second-order valence-electron chi connectivity index (χ2n) is 5.83. The highest BCUT2D eigenvalue weighted by molar-refractivity contribution is 7.87. The third-order valence-corrected chi connectivity index (χ3v) is 5.83. The molecule has 0 unspecified atom stereocenters. The molecule has 0 N–H and O–H groups in total. The van der Waals surface area contributed by atoms with E-state index in [9.17, 15) is 30.0 Å². The van der Waals surface area contributed by atoms with Gasteiger partial charge in [0.2, 0.25) is 0 Å². The van der Waals surface area contributed by atoms with E-state index in [0.717, 1.165) is 11.1 Å². The molecular weight excluding hydrogens is 447 g/mol. The van der Waals surface area contributed by atoms with Gasteiger partial charge >= 0.3 is 6.18 Å². The molecule has 2 aromatic carbocycles. The van der Waals surface area contributed by atoms with E-state index in [4.69, 9.17) is 5.26 Å². The monoisotopic (exact) mass is 465 g/mol. The molecule has 0 fully saturated rings. The van der Waals surface area contributed by atoms with Gasteiger partial charge in [0.05, 0.1) is 15.9 Å². The number of aryl methyl sites for hydroxylation is 2. The molecule has 164 valence electrons. The molecule has 0 aromatic heterocycles. The zero-order valence-corrected chi connectivity index (χ0v) is 17.5. The molecule has 0 bridgehead atoms. The Morgan fingerprint density at radius 2 is 1.17 bits per heavy atom. The summed E-state index contributed by atoms with van der Waals surface area (Å²) < 4.78 is 88.8. The first-order chi connectivity index (χ1) is 13.8. The fraction of sp³-hybridized carbons (Fsp3) is 0.278. The quantitative estimate of drug-likeness (QED) is 0.601. The number of hydrogen-bond acceptors (Lipinski definition) is 7. The summed E-state index contributed by atoms with van der Waals surface area (Å²) in [7, 11) is -8.09. The number of rotatable bonds is 6. The predicted molar refractivity (Wildman–Crippen MR) is 100 cm³/mol. The molecular formula is C18H18F3NO6S2. The highest BCUT2D eigenvalue weighted by Crippen LogP contribution is 2.19. The SMILES string of the molecule is Cc1ccc(S(=O)(=O)OCC#N)cc1.Cc1ccc(S(=O)(=O)OCC(F)(F)F)cc1. The Morgan fingerprint density at radius 1 is 0.800 bits per heavy atom. The molecule has 0 saturated carbocycles. The van der Waals surface area contributed by atoms with Crippen molar-refractivity contribution in [2.75, 3.05) is 13.2 Å². The largest absolute Gasteiger partial charge is 0.413 e. The van der Waals surface area contributed by atoms with Gasteiger partial charge in [0.1, 0.15) is 0 Å². The van der Waals surface area contributed by atoms with Crippen molar-refractivity contribution in [2.24, 2.45) is 0 Å². The van der Waals surface area contributed by atoms with Gasteiger partial charge in [-0.1, -0.05) is 35.4 Å². The Bertz CT molecular complexity index is 1070. The molecule has 2 rings (SSSR count). The number of nitriles is 1. The van der Waals surface area contributed by atoms with Crippen molar-refractivity contribution in [1.29, 1.82) is 5.26 Å². The molecule has 30 heavy (non-hydrogen) atoms. The first-order valence-electron chi connectivity index (χ1n) is 8.13. The van der Waals surface area contributed by atoms with E-state index in [2.05, 4.69) is 8.37 Å². The molecule has 0 aliphatic carbocycles. The van der Waals surface area contributed by atoms with Crippen LogP contribution in [0, 0.1) is 25.2 Å². The van der Waals surface area contributed by atoms with E-state index in [0.29, 0.717) is 0 Å². The van der Waals surface area contributed by atoms with E-state index in [1.165, 1.54) is 36.4 Å². The first-order valence-corrected chi connectivity index (χ1v) is 10.9. The van der Waals surface area contributed by atoms with Crippen molar-refractivity contribution in [3.8, 4) is 6.07 Å². The standard InChI is InChI=1S/C9H9F3O3S.C9H9NO3S/c1-7-2-4-8(5-3-7)16(13,14)15-6-9(10,11)12;1-8-2-4-9(5-3-8)14(11,12)13-7-6-10/h2-5H,6H2,1H3;2-5H,7H2,1H3. The van der Waals surface area contributed by atoms with E-state index in [-0.39, 0.29) is 9.79 Å². The average Bonchev–Trinajstić information content (AvgIpc) is 2.66. The summed E-state index contributed by atoms with van der Waals surface area (Å²) in [5, 5.41) is 8.18. The lowest BCUT2D eigenvalue weighted by Crippen LogP contribution is -2.20. The van der Waals surface area contributed by atoms with Gasteiger partial charge < -0.3 is 0 Å². The number of alkyl halides is 3. The van der Waals surface area contributed by atoms with Crippen molar-refractivity contribution in [2.45, 2.75) is 29.8 Å². The van der Waals surface area contributed by atoms with Crippen LogP contribution in [0.2, 0.25) is 0 Å². The average molecular weight is 465 g/mol. The maximum atomic E-state index is 11.8. The van der Waals surface area contributed by atoms with Gasteiger partial charge in [-0.05, 0) is 38.1 Å². The van der Waals surface area contributed by atoms with Gasteiger partial charge in [0.25, 0.3) is 20.2 Å². The third kappa shape index (κ3) is 8.91. The maximum absolute atomic E-state index is 11.8. The van der Waals surface area contributed by atoms with Crippen LogP contribution in [0.5, 0.6) is 0 Å². The van der Waals surface area contributed by atoms with Crippen LogP contribution in [0.4, 0.5) is 13.2 Å². The Kier molecular flexibility index (Phi) is 8.98. The molecule has 2 aromatic rings. The van der Waals surface area contributed by atoms with E-state index in [1.54, 1.807) is 25.1 Å². The minimum absolute atomic E-state index is 0.0679. The minimum atomic E-state index is -4.67. The second kappa shape index (κ2) is 10.5. The van der Waals surface area contributed by atoms with Crippen molar-refractivity contribution >= 4 is 20.2 Å². The summed E-state index contributed by atoms with van der Waals surface area (Å²) in [5.74, 6) is 0. The molecule has 0 heterocycles. The van der Waals surface area contributed by atoms with Gasteiger partial charge in [-0.15, -0.1) is 0 Å². The van der Waals surface area contributed by atoms with Gasteiger partial charge in [-0.3, -0.25) is 8.37 Å². The van der Waals surface area contributed by atoms with Crippen molar-refractivity contribution in [3.05, 3.63) is 59.7 Å². The summed E-state index contributed by atoms with van der Waals surface area (Å²) in [6, 6.07) is 13.2. The van der Waals surface area contributed by atoms with E-state index >= 15 is 0 Å².